The van der Waals surface area contributed by atoms with Crippen LogP contribution in [-0.4, -0.2) is 16.1 Å². The Kier molecular flexibility index (Phi) is 2.82. The standard InChI is InChI=1S/C10H7NO2/c1-2-9-5-3-8(7-11-9)4-6-10(12)13/h1,3-7H,(H,12,13). The lowest BCUT2D eigenvalue weighted by Crippen LogP contribution is -1.86. The molecule has 0 bridgehead atoms. The SMILES string of the molecule is C#Cc1ccc(C=CC(=O)O)cn1. The molecule has 1 aromatic rings. The number of pyridine rings is 1. The van der Waals surface area contributed by atoms with Gasteiger partial charge in [-0.05, 0) is 17.7 Å². The Bertz CT molecular complexity index is 371. The van der Waals surface area contributed by atoms with E-state index in [9.17, 15) is 4.79 Å². The first-order valence-electron chi connectivity index (χ1n) is 3.56. The Labute approximate surface area is 75.7 Å². The first-order valence-corrected chi connectivity index (χ1v) is 3.56. The van der Waals surface area contributed by atoms with Crippen LogP contribution in [-0.2, 0) is 4.79 Å². The molecule has 0 aliphatic carbocycles. The van der Waals surface area contributed by atoms with Gasteiger partial charge < -0.3 is 5.11 Å². The average Bonchev–Trinajstić information content (AvgIpc) is 2.15. The molecule has 0 fully saturated rings. The van der Waals surface area contributed by atoms with E-state index in [1.165, 1.54) is 12.3 Å². The summed E-state index contributed by atoms with van der Waals surface area (Å²) in [6.45, 7) is 0. The van der Waals surface area contributed by atoms with Crippen molar-refractivity contribution in [3.05, 3.63) is 35.7 Å². The van der Waals surface area contributed by atoms with E-state index in [0.29, 0.717) is 11.3 Å². The smallest absolute Gasteiger partial charge is 0.328 e. The third-order valence-electron chi connectivity index (χ3n) is 1.35. The second kappa shape index (κ2) is 4.07. The molecule has 3 nitrogen and oxygen atoms in total. The van der Waals surface area contributed by atoms with E-state index < -0.39 is 5.97 Å². The fourth-order valence-corrected chi connectivity index (χ4v) is 0.757. The molecule has 1 rings (SSSR count). The lowest BCUT2D eigenvalue weighted by molar-refractivity contribution is -0.131. The molecule has 0 unspecified atom stereocenters. The highest BCUT2D eigenvalue weighted by molar-refractivity contribution is 5.85. The Morgan fingerprint density at radius 1 is 1.62 bits per heavy atom. The number of hydrogen-bond acceptors (Lipinski definition) is 2. The Balaban J connectivity index is 2.82. The van der Waals surface area contributed by atoms with Crippen molar-refractivity contribution in [2.24, 2.45) is 0 Å². The number of carboxylic acid groups (broad SMARTS) is 1. The minimum absolute atomic E-state index is 0.535. The average molecular weight is 173 g/mol. The molecule has 0 saturated carbocycles. The summed E-state index contributed by atoms with van der Waals surface area (Å²) in [6.07, 6.45) is 9.12. The largest absolute Gasteiger partial charge is 0.478 e. The third-order valence-corrected chi connectivity index (χ3v) is 1.35. The van der Waals surface area contributed by atoms with Crippen LogP contribution < -0.4 is 0 Å². The molecule has 64 valence electrons. The molecule has 13 heavy (non-hydrogen) atoms. The molecule has 1 heterocycles. The minimum atomic E-state index is -0.985. The zero-order valence-electron chi connectivity index (χ0n) is 6.77. The monoisotopic (exact) mass is 173 g/mol. The fourth-order valence-electron chi connectivity index (χ4n) is 0.757. The summed E-state index contributed by atoms with van der Waals surface area (Å²) in [7, 11) is 0. The highest BCUT2D eigenvalue weighted by atomic mass is 16.4. The maximum Gasteiger partial charge on any atom is 0.328 e. The highest BCUT2D eigenvalue weighted by Crippen LogP contribution is 2.01. The summed E-state index contributed by atoms with van der Waals surface area (Å²) in [5, 5.41) is 8.34. The summed E-state index contributed by atoms with van der Waals surface area (Å²) in [5.74, 6) is 1.38. The quantitative estimate of drug-likeness (QED) is 0.539. The maximum atomic E-state index is 10.2. The molecule has 0 aliphatic rings. The van der Waals surface area contributed by atoms with Crippen molar-refractivity contribution in [2.45, 2.75) is 0 Å². The van der Waals surface area contributed by atoms with Gasteiger partial charge in [0.1, 0.15) is 5.69 Å². The van der Waals surface area contributed by atoms with E-state index in [-0.39, 0.29) is 0 Å². The molecule has 0 amide bonds. The topological polar surface area (TPSA) is 50.2 Å². The molecular weight excluding hydrogens is 166 g/mol. The number of aromatic nitrogens is 1. The normalized spacial score (nSPS) is 9.77. The van der Waals surface area contributed by atoms with Gasteiger partial charge in [-0.25, -0.2) is 9.78 Å². The van der Waals surface area contributed by atoms with Crippen molar-refractivity contribution in [1.82, 2.24) is 4.98 Å². The third kappa shape index (κ3) is 2.80. The van der Waals surface area contributed by atoms with Gasteiger partial charge in [0.15, 0.2) is 0 Å². The lowest BCUT2D eigenvalue weighted by Gasteiger charge is -1.91. The molecule has 0 aliphatic heterocycles. The highest BCUT2D eigenvalue weighted by Gasteiger charge is 1.90. The summed E-state index contributed by atoms with van der Waals surface area (Å²) in [5.41, 5.74) is 1.24. The van der Waals surface area contributed by atoms with Crippen LogP contribution in [0.25, 0.3) is 6.08 Å². The predicted molar refractivity (Wildman–Crippen MR) is 48.8 cm³/mol. The van der Waals surface area contributed by atoms with E-state index in [4.69, 9.17) is 11.5 Å². The van der Waals surface area contributed by atoms with Crippen molar-refractivity contribution in [2.75, 3.05) is 0 Å². The van der Waals surface area contributed by atoms with Crippen molar-refractivity contribution >= 4 is 12.0 Å². The summed E-state index contributed by atoms with van der Waals surface area (Å²) >= 11 is 0. The van der Waals surface area contributed by atoms with E-state index in [1.54, 1.807) is 12.1 Å². The van der Waals surface area contributed by atoms with Gasteiger partial charge in [0, 0.05) is 12.3 Å². The van der Waals surface area contributed by atoms with E-state index in [2.05, 4.69) is 10.9 Å². The van der Waals surface area contributed by atoms with Crippen LogP contribution >= 0.6 is 0 Å². The van der Waals surface area contributed by atoms with Crippen LogP contribution in [0.4, 0.5) is 0 Å². The van der Waals surface area contributed by atoms with E-state index in [0.717, 1.165) is 6.08 Å². The molecule has 1 N–H and O–H groups in total. The van der Waals surface area contributed by atoms with Crippen molar-refractivity contribution < 1.29 is 9.90 Å². The predicted octanol–water partition coefficient (Wildman–Crippen LogP) is 1.16. The Morgan fingerprint density at radius 3 is 2.85 bits per heavy atom. The van der Waals surface area contributed by atoms with Gasteiger partial charge in [0.2, 0.25) is 0 Å². The van der Waals surface area contributed by atoms with Gasteiger partial charge in [-0.15, -0.1) is 6.42 Å². The van der Waals surface area contributed by atoms with E-state index >= 15 is 0 Å². The molecule has 0 atom stereocenters. The number of nitrogens with zero attached hydrogens (tertiary/aromatic N) is 1. The summed E-state index contributed by atoms with van der Waals surface area (Å²) < 4.78 is 0. The van der Waals surface area contributed by atoms with Crippen molar-refractivity contribution in [1.29, 1.82) is 0 Å². The molecule has 0 spiro atoms. The second-order valence-electron chi connectivity index (χ2n) is 2.29. The first-order chi connectivity index (χ1) is 6.22. The fraction of sp³-hybridized carbons (Fsp3) is 0. The Hall–Kier alpha value is -2.08. The molecule has 0 saturated heterocycles. The number of carboxylic acids is 1. The minimum Gasteiger partial charge on any atom is -0.478 e. The zero-order valence-corrected chi connectivity index (χ0v) is 6.77. The van der Waals surface area contributed by atoms with Crippen LogP contribution in [0.1, 0.15) is 11.3 Å². The Morgan fingerprint density at radius 2 is 2.38 bits per heavy atom. The number of rotatable bonds is 2. The van der Waals surface area contributed by atoms with Crippen molar-refractivity contribution in [3.63, 3.8) is 0 Å². The molecular formula is C10H7NO2. The van der Waals surface area contributed by atoms with Crippen LogP contribution in [0.3, 0.4) is 0 Å². The van der Waals surface area contributed by atoms with Crippen molar-refractivity contribution in [3.8, 4) is 12.3 Å². The number of terminal acetylenes is 1. The van der Waals surface area contributed by atoms with Gasteiger partial charge in [-0.1, -0.05) is 12.0 Å². The number of hydrogen-bond donors (Lipinski definition) is 1. The zero-order chi connectivity index (χ0) is 9.68. The summed E-state index contributed by atoms with van der Waals surface area (Å²) in [6, 6.07) is 3.36. The number of aliphatic carboxylic acids is 1. The second-order valence-corrected chi connectivity index (χ2v) is 2.29. The summed E-state index contributed by atoms with van der Waals surface area (Å²) in [4.78, 5) is 14.1. The van der Waals surface area contributed by atoms with Crippen LogP contribution in [0.2, 0.25) is 0 Å². The van der Waals surface area contributed by atoms with Crippen LogP contribution in [0, 0.1) is 12.3 Å². The van der Waals surface area contributed by atoms with Gasteiger partial charge in [-0.2, -0.15) is 0 Å². The van der Waals surface area contributed by atoms with Crippen LogP contribution in [0.15, 0.2) is 24.4 Å². The van der Waals surface area contributed by atoms with Crippen LogP contribution in [0.5, 0.6) is 0 Å². The molecule has 1 aromatic heterocycles. The van der Waals surface area contributed by atoms with Gasteiger partial charge in [-0.3, -0.25) is 0 Å². The molecule has 0 radical (unpaired) electrons. The van der Waals surface area contributed by atoms with Gasteiger partial charge in [0.25, 0.3) is 0 Å². The number of carbonyl (C=O) groups is 1. The van der Waals surface area contributed by atoms with Gasteiger partial charge in [0.05, 0.1) is 0 Å². The van der Waals surface area contributed by atoms with Gasteiger partial charge >= 0.3 is 5.97 Å². The van der Waals surface area contributed by atoms with E-state index in [1.807, 2.05) is 0 Å². The maximum absolute atomic E-state index is 10.2. The molecule has 0 aromatic carbocycles. The lowest BCUT2D eigenvalue weighted by atomic mass is 10.2. The first kappa shape index (κ1) is 9.01. The molecule has 3 heteroatoms.